The lowest BCUT2D eigenvalue weighted by molar-refractivity contribution is -0.139. The molecule has 2 N–H and O–H groups in total. The smallest absolute Gasteiger partial charge is 0.416 e. The van der Waals surface area contributed by atoms with Gasteiger partial charge in [-0.3, -0.25) is 14.4 Å². The maximum atomic E-state index is 15.8. The maximum Gasteiger partial charge on any atom is 0.416 e. The van der Waals surface area contributed by atoms with Crippen molar-refractivity contribution >= 4 is 11.9 Å². The number of aromatic nitrogens is 1. The number of carboxylic acids is 1. The van der Waals surface area contributed by atoms with Crippen molar-refractivity contribution < 1.29 is 45.4 Å². The standard InChI is InChI=1S/C36H40F7N3O4/c1-19(2)11-29(46-18-23(7-10-45-8-6-9-45)27(16-30(46)47)36(41,42)43)34(50)44-28(17-31(48)49)26-15-24(12-22(5)33(26)37)32-20(3)13-25(14-21(32)4)35(38,39)40/h12-16,18-19,28-29H,6-11,17H2,1-5H3,(H,44,50)(H,48,49)/t28-,29?/m0/s1. The number of carbonyl (C=O) groups is 2. The molecule has 0 aliphatic carbocycles. The normalized spacial score (nSPS) is 15.1. The molecule has 14 heteroatoms. The predicted octanol–water partition coefficient (Wildman–Crippen LogP) is 7.78. The topological polar surface area (TPSA) is 91.6 Å². The van der Waals surface area contributed by atoms with E-state index in [1.807, 2.05) is 4.90 Å². The lowest BCUT2D eigenvalue weighted by Crippen LogP contribution is -2.41. The highest BCUT2D eigenvalue weighted by Crippen LogP contribution is 2.38. The van der Waals surface area contributed by atoms with Crippen molar-refractivity contribution in [1.29, 1.82) is 0 Å². The zero-order valence-corrected chi connectivity index (χ0v) is 28.4. The summed E-state index contributed by atoms with van der Waals surface area (Å²) in [5.74, 6) is -3.44. The third-order valence-electron chi connectivity index (χ3n) is 8.95. The molecule has 1 aliphatic heterocycles. The van der Waals surface area contributed by atoms with Gasteiger partial charge in [0, 0.05) is 24.4 Å². The first-order valence-corrected chi connectivity index (χ1v) is 16.2. The van der Waals surface area contributed by atoms with Gasteiger partial charge in [0.15, 0.2) is 0 Å². The summed E-state index contributed by atoms with van der Waals surface area (Å²) in [5, 5.41) is 12.3. The van der Waals surface area contributed by atoms with Crippen LogP contribution in [0.1, 0.15) is 84.1 Å². The third-order valence-corrected chi connectivity index (χ3v) is 8.95. The number of amides is 1. The van der Waals surface area contributed by atoms with Gasteiger partial charge >= 0.3 is 18.3 Å². The Hall–Kier alpha value is -4.20. The number of hydrogen-bond acceptors (Lipinski definition) is 4. The van der Waals surface area contributed by atoms with Crippen molar-refractivity contribution in [3.63, 3.8) is 0 Å². The summed E-state index contributed by atoms with van der Waals surface area (Å²) in [4.78, 5) is 41.2. The fourth-order valence-electron chi connectivity index (χ4n) is 6.43. The highest BCUT2D eigenvalue weighted by Gasteiger charge is 2.36. The molecule has 0 saturated carbocycles. The third kappa shape index (κ3) is 8.93. The first-order valence-electron chi connectivity index (χ1n) is 16.2. The minimum Gasteiger partial charge on any atom is -0.481 e. The van der Waals surface area contributed by atoms with Gasteiger partial charge in [0.25, 0.3) is 5.56 Å². The summed E-state index contributed by atoms with van der Waals surface area (Å²) in [5.41, 5.74) is -2.34. The Morgan fingerprint density at radius 2 is 1.54 bits per heavy atom. The van der Waals surface area contributed by atoms with E-state index in [0.29, 0.717) is 18.2 Å². The van der Waals surface area contributed by atoms with Gasteiger partial charge in [0.05, 0.1) is 23.6 Å². The monoisotopic (exact) mass is 711 g/mol. The van der Waals surface area contributed by atoms with Crippen LogP contribution in [-0.2, 0) is 28.4 Å². The van der Waals surface area contributed by atoms with Gasteiger partial charge in [-0.1, -0.05) is 13.8 Å². The summed E-state index contributed by atoms with van der Waals surface area (Å²) < 4.78 is 99.1. The Kier molecular flexibility index (Phi) is 11.5. The van der Waals surface area contributed by atoms with Crippen LogP contribution in [0, 0.1) is 32.5 Å². The molecule has 50 heavy (non-hydrogen) atoms. The molecule has 1 aliphatic rings. The zero-order chi connectivity index (χ0) is 37.3. The van der Waals surface area contributed by atoms with Crippen LogP contribution in [-0.4, -0.2) is 46.1 Å². The number of aryl methyl sites for hydroxylation is 3. The number of carboxylic acid groups (broad SMARTS) is 1. The number of pyridine rings is 1. The van der Waals surface area contributed by atoms with Gasteiger partial charge in [-0.25, -0.2) is 4.39 Å². The quantitative estimate of drug-likeness (QED) is 0.187. The van der Waals surface area contributed by atoms with Gasteiger partial charge < -0.3 is 19.9 Å². The average molecular weight is 712 g/mol. The maximum absolute atomic E-state index is 15.8. The average Bonchev–Trinajstić information content (AvgIpc) is 2.95. The molecule has 2 atom stereocenters. The summed E-state index contributed by atoms with van der Waals surface area (Å²) >= 11 is 0. The SMILES string of the molecule is Cc1cc(-c2c(C)cc(C(F)(F)F)cc2C)cc([C@H](CC(=O)O)NC(=O)C(CC(C)C)n2cc(CCN3CCC3)c(C(F)(F)F)cc2=O)c1F. The van der Waals surface area contributed by atoms with E-state index in [2.05, 4.69) is 5.32 Å². The molecule has 3 aromatic rings. The van der Waals surface area contributed by atoms with E-state index in [4.69, 9.17) is 0 Å². The van der Waals surface area contributed by atoms with Gasteiger partial charge in [0.1, 0.15) is 11.9 Å². The molecule has 1 aromatic heterocycles. The van der Waals surface area contributed by atoms with Gasteiger partial charge in [-0.05, 0) is 117 Å². The molecule has 272 valence electrons. The second-order valence-corrected chi connectivity index (χ2v) is 13.4. The number of nitrogens with zero attached hydrogens (tertiary/aromatic N) is 2. The molecule has 1 amide bonds. The Balaban J connectivity index is 1.78. The van der Waals surface area contributed by atoms with Crippen LogP contribution < -0.4 is 10.9 Å². The van der Waals surface area contributed by atoms with Crippen LogP contribution in [0.5, 0.6) is 0 Å². The summed E-state index contributed by atoms with van der Waals surface area (Å²) in [7, 11) is 0. The van der Waals surface area contributed by atoms with Crippen LogP contribution in [0.15, 0.2) is 41.3 Å². The number of halogens is 7. The molecule has 1 fully saturated rings. The minimum atomic E-state index is -4.82. The molecule has 1 unspecified atom stereocenters. The molecule has 0 spiro atoms. The molecule has 2 heterocycles. The Labute approximate surface area is 285 Å². The van der Waals surface area contributed by atoms with Crippen molar-refractivity contribution in [2.24, 2.45) is 5.92 Å². The predicted molar refractivity (Wildman–Crippen MR) is 173 cm³/mol. The molecular weight excluding hydrogens is 671 g/mol. The Bertz CT molecular complexity index is 1790. The van der Waals surface area contributed by atoms with E-state index in [9.17, 15) is 45.8 Å². The molecule has 1 saturated heterocycles. The number of benzene rings is 2. The lowest BCUT2D eigenvalue weighted by Gasteiger charge is -2.31. The van der Waals surface area contributed by atoms with Gasteiger partial charge in [-0.2, -0.15) is 26.3 Å². The van der Waals surface area contributed by atoms with Crippen molar-refractivity contribution in [2.75, 3.05) is 19.6 Å². The summed E-state index contributed by atoms with van der Waals surface area (Å²) in [6.45, 7) is 9.56. The molecule has 2 aromatic carbocycles. The first kappa shape index (κ1) is 38.6. The lowest BCUT2D eigenvalue weighted by atomic mass is 9.89. The van der Waals surface area contributed by atoms with Crippen molar-refractivity contribution in [2.45, 2.75) is 84.7 Å². The Morgan fingerprint density at radius 1 is 0.920 bits per heavy atom. The van der Waals surface area contributed by atoms with Crippen LogP contribution in [0.2, 0.25) is 0 Å². The second-order valence-electron chi connectivity index (χ2n) is 13.4. The zero-order valence-electron chi connectivity index (χ0n) is 28.4. The van der Waals surface area contributed by atoms with Crippen LogP contribution >= 0.6 is 0 Å². The van der Waals surface area contributed by atoms with Crippen LogP contribution in [0.25, 0.3) is 11.1 Å². The van der Waals surface area contributed by atoms with Crippen molar-refractivity contribution in [1.82, 2.24) is 14.8 Å². The summed E-state index contributed by atoms with van der Waals surface area (Å²) in [6, 6.07) is 2.15. The Morgan fingerprint density at radius 3 is 2.04 bits per heavy atom. The molecule has 7 nitrogen and oxygen atoms in total. The summed E-state index contributed by atoms with van der Waals surface area (Å²) in [6.07, 6.45) is -8.34. The molecule has 0 radical (unpaired) electrons. The number of rotatable bonds is 12. The molecular formula is C36H40F7N3O4. The van der Waals surface area contributed by atoms with Gasteiger partial charge in [-0.15, -0.1) is 0 Å². The number of nitrogens with one attached hydrogen (secondary N) is 1. The van der Waals surface area contributed by atoms with E-state index in [-0.39, 0.29) is 52.1 Å². The largest absolute Gasteiger partial charge is 0.481 e. The fourth-order valence-corrected chi connectivity index (χ4v) is 6.43. The number of aliphatic carboxylic acids is 1. The van der Waals surface area contributed by atoms with E-state index in [1.165, 1.54) is 32.9 Å². The van der Waals surface area contributed by atoms with E-state index in [1.54, 1.807) is 13.8 Å². The van der Waals surface area contributed by atoms with E-state index >= 15 is 4.39 Å². The molecule has 4 rings (SSSR count). The minimum absolute atomic E-state index is 0.0199. The van der Waals surface area contributed by atoms with Gasteiger partial charge in [0.2, 0.25) is 5.91 Å². The van der Waals surface area contributed by atoms with E-state index in [0.717, 1.165) is 42.4 Å². The molecule has 0 bridgehead atoms. The number of carbonyl (C=O) groups excluding carboxylic acids is 1. The van der Waals surface area contributed by atoms with Crippen LogP contribution in [0.3, 0.4) is 0 Å². The highest BCUT2D eigenvalue weighted by atomic mass is 19.4. The van der Waals surface area contributed by atoms with Crippen LogP contribution in [0.4, 0.5) is 30.7 Å². The van der Waals surface area contributed by atoms with E-state index < -0.39 is 65.2 Å². The number of hydrogen-bond donors (Lipinski definition) is 2. The highest BCUT2D eigenvalue weighted by molar-refractivity contribution is 5.82. The fraction of sp³-hybridized carbons (Fsp3) is 0.472. The van der Waals surface area contributed by atoms with Crippen molar-refractivity contribution in [3.05, 3.63) is 91.6 Å². The van der Waals surface area contributed by atoms with Crippen molar-refractivity contribution in [3.8, 4) is 11.1 Å². The first-order chi connectivity index (χ1) is 23.2. The number of likely N-dealkylation sites (tertiary alicyclic amines) is 1. The number of alkyl halides is 6. The second kappa shape index (κ2) is 15.0.